The quantitative estimate of drug-likeness (QED) is 0.805. The first-order valence-electron chi connectivity index (χ1n) is 6.42. The molecule has 5 heteroatoms. The first-order valence-corrected chi connectivity index (χ1v) is 7.41. The van der Waals surface area contributed by atoms with Crippen molar-refractivity contribution in [2.24, 2.45) is 5.92 Å². The van der Waals surface area contributed by atoms with Crippen LogP contribution in [-0.2, 0) is 4.79 Å². The Labute approximate surface area is 112 Å². The Balaban J connectivity index is 2.24. The number of carboxylic acid groups (broad SMARTS) is 1. The summed E-state index contributed by atoms with van der Waals surface area (Å²) in [4.78, 5) is 15.1. The molecule has 1 heterocycles. The van der Waals surface area contributed by atoms with Crippen molar-refractivity contribution >= 4 is 17.7 Å². The number of imidazole rings is 1. The van der Waals surface area contributed by atoms with Crippen molar-refractivity contribution in [3.63, 3.8) is 0 Å². The highest BCUT2D eigenvalue weighted by Crippen LogP contribution is 2.42. The van der Waals surface area contributed by atoms with Crippen LogP contribution < -0.4 is 0 Å². The molecule has 0 bridgehead atoms. The Hall–Kier alpha value is -0.970. The first kappa shape index (κ1) is 13.5. The van der Waals surface area contributed by atoms with Gasteiger partial charge in [0.15, 0.2) is 5.16 Å². The molecule has 1 aliphatic carbocycles. The van der Waals surface area contributed by atoms with Gasteiger partial charge in [0.2, 0.25) is 0 Å². The maximum Gasteiger partial charge on any atom is 0.313 e. The normalized spacial score (nSPS) is 17.1. The van der Waals surface area contributed by atoms with E-state index in [1.807, 2.05) is 6.20 Å². The standard InChI is InChI=1S/C13H20N2O2S/c1-8(2)11-6-14-13(18-7-12(16)17)15(11)9(3)10-4-5-10/h6,8-10H,4-5,7H2,1-3H3,(H,16,17). The van der Waals surface area contributed by atoms with Crippen LogP contribution in [0.2, 0.25) is 0 Å². The lowest BCUT2D eigenvalue weighted by atomic mass is 10.1. The monoisotopic (exact) mass is 268 g/mol. The average Bonchev–Trinajstić information content (AvgIpc) is 3.04. The Morgan fingerprint density at radius 3 is 2.72 bits per heavy atom. The van der Waals surface area contributed by atoms with Gasteiger partial charge in [-0.05, 0) is 31.6 Å². The molecule has 1 fully saturated rings. The van der Waals surface area contributed by atoms with Crippen molar-refractivity contribution in [2.45, 2.75) is 50.7 Å². The van der Waals surface area contributed by atoms with Crippen LogP contribution in [0, 0.1) is 5.92 Å². The van der Waals surface area contributed by atoms with Gasteiger partial charge in [-0.15, -0.1) is 0 Å². The van der Waals surface area contributed by atoms with Gasteiger partial charge in [0.05, 0.1) is 5.75 Å². The number of hydrogen-bond donors (Lipinski definition) is 1. The van der Waals surface area contributed by atoms with Gasteiger partial charge in [0.25, 0.3) is 0 Å². The van der Waals surface area contributed by atoms with Crippen molar-refractivity contribution in [3.8, 4) is 0 Å². The van der Waals surface area contributed by atoms with E-state index in [4.69, 9.17) is 5.11 Å². The predicted octanol–water partition coefficient (Wildman–Crippen LogP) is 3.15. The van der Waals surface area contributed by atoms with Crippen molar-refractivity contribution in [2.75, 3.05) is 5.75 Å². The molecule has 1 unspecified atom stereocenters. The molecule has 1 atom stereocenters. The van der Waals surface area contributed by atoms with Crippen molar-refractivity contribution in [3.05, 3.63) is 11.9 Å². The minimum atomic E-state index is -0.792. The summed E-state index contributed by atoms with van der Waals surface area (Å²) in [6.07, 6.45) is 4.45. The molecule has 1 N–H and O–H groups in total. The van der Waals surface area contributed by atoms with E-state index in [1.54, 1.807) is 0 Å². The number of carbonyl (C=O) groups is 1. The van der Waals surface area contributed by atoms with Crippen LogP contribution >= 0.6 is 11.8 Å². The van der Waals surface area contributed by atoms with Crippen LogP contribution in [0.4, 0.5) is 0 Å². The largest absolute Gasteiger partial charge is 0.481 e. The van der Waals surface area contributed by atoms with E-state index in [2.05, 4.69) is 30.3 Å². The third kappa shape index (κ3) is 2.88. The number of rotatable bonds is 6. The van der Waals surface area contributed by atoms with Gasteiger partial charge < -0.3 is 9.67 Å². The van der Waals surface area contributed by atoms with E-state index in [1.165, 1.54) is 30.3 Å². The molecule has 0 spiro atoms. The molecule has 4 nitrogen and oxygen atoms in total. The lowest BCUT2D eigenvalue weighted by Crippen LogP contribution is -2.13. The second-order valence-electron chi connectivity index (χ2n) is 5.25. The lowest BCUT2D eigenvalue weighted by Gasteiger charge is -2.20. The maximum atomic E-state index is 10.7. The van der Waals surface area contributed by atoms with Crippen LogP contribution in [0.25, 0.3) is 0 Å². The van der Waals surface area contributed by atoms with Gasteiger partial charge in [0, 0.05) is 17.9 Å². The van der Waals surface area contributed by atoms with E-state index in [-0.39, 0.29) is 5.75 Å². The zero-order valence-electron chi connectivity index (χ0n) is 11.1. The fourth-order valence-electron chi connectivity index (χ4n) is 2.22. The van der Waals surface area contributed by atoms with Crippen molar-refractivity contribution < 1.29 is 9.90 Å². The summed E-state index contributed by atoms with van der Waals surface area (Å²) in [6.45, 7) is 6.52. The molecule has 0 radical (unpaired) electrons. The number of thioether (sulfide) groups is 1. The second-order valence-corrected chi connectivity index (χ2v) is 6.19. The van der Waals surface area contributed by atoms with Crippen LogP contribution in [-0.4, -0.2) is 26.4 Å². The molecule has 1 aromatic rings. The van der Waals surface area contributed by atoms with Gasteiger partial charge in [-0.25, -0.2) is 4.98 Å². The molecule has 1 aromatic heterocycles. The second kappa shape index (κ2) is 5.34. The fourth-order valence-corrected chi connectivity index (χ4v) is 3.01. The van der Waals surface area contributed by atoms with Gasteiger partial charge >= 0.3 is 5.97 Å². The zero-order valence-corrected chi connectivity index (χ0v) is 11.9. The summed E-state index contributed by atoms with van der Waals surface area (Å²) in [5, 5.41) is 9.63. The highest BCUT2D eigenvalue weighted by atomic mass is 32.2. The zero-order chi connectivity index (χ0) is 13.3. The van der Waals surface area contributed by atoms with Crippen LogP contribution in [0.3, 0.4) is 0 Å². The van der Waals surface area contributed by atoms with Crippen LogP contribution in [0.5, 0.6) is 0 Å². The summed E-state index contributed by atoms with van der Waals surface area (Å²) in [6, 6.07) is 0.432. The Kier molecular flexibility index (Phi) is 4.00. The minimum Gasteiger partial charge on any atom is -0.481 e. The highest BCUT2D eigenvalue weighted by molar-refractivity contribution is 7.99. The molecule has 1 saturated carbocycles. The summed E-state index contributed by atoms with van der Waals surface area (Å²) in [5.41, 5.74) is 1.21. The maximum absolute atomic E-state index is 10.7. The van der Waals surface area contributed by atoms with E-state index < -0.39 is 5.97 Å². The molecular weight excluding hydrogens is 248 g/mol. The number of carboxylic acids is 1. The van der Waals surface area contributed by atoms with Crippen LogP contribution in [0.15, 0.2) is 11.4 Å². The number of hydrogen-bond acceptors (Lipinski definition) is 3. The summed E-state index contributed by atoms with van der Waals surface area (Å²) >= 11 is 1.32. The van der Waals surface area contributed by atoms with E-state index in [0.29, 0.717) is 12.0 Å². The number of aliphatic carboxylic acids is 1. The fraction of sp³-hybridized carbons (Fsp3) is 0.692. The molecule has 0 saturated heterocycles. The number of nitrogens with zero attached hydrogens (tertiary/aromatic N) is 2. The van der Waals surface area contributed by atoms with E-state index in [0.717, 1.165) is 11.1 Å². The van der Waals surface area contributed by atoms with Gasteiger partial charge in [0.1, 0.15) is 0 Å². The molecule has 18 heavy (non-hydrogen) atoms. The average molecular weight is 268 g/mol. The SMILES string of the molecule is CC(C)c1cnc(SCC(=O)O)n1C(C)C1CC1. The van der Waals surface area contributed by atoms with Crippen molar-refractivity contribution in [1.82, 2.24) is 9.55 Å². The first-order chi connectivity index (χ1) is 8.50. The van der Waals surface area contributed by atoms with E-state index in [9.17, 15) is 4.79 Å². The highest BCUT2D eigenvalue weighted by Gasteiger charge is 2.32. The Morgan fingerprint density at radius 2 is 2.22 bits per heavy atom. The Morgan fingerprint density at radius 1 is 1.56 bits per heavy atom. The smallest absolute Gasteiger partial charge is 0.313 e. The third-order valence-corrected chi connectivity index (χ3v) is 4.37. The minimum absolute atomic E-state index is 0.0753. The summed E-state index contributed by atoms with van der Waals surface area (Å²) in [5.74, 6) is 0.435. The molecule has 2 rings (SSSR count). The van der Waals surface area contributed by atoms with Crippen molar-refractivity contribution in [1.29, 1.82) is 0 Å². The molecular formula is C13H20N2O2S. The summed E-state index contributed by atoms with van der Waals surface area (Å²) < 4.78 is 2.25. The topological polar surface area (TPSA) is 55.1 Å². The lowest BCUT2D eigenvalue weighted by molar-refractivity contribution is -0.133. The van der Waals surface area contributed by atoms with Gasteiger partial charge in [-0.2, -0.15) is 0 Å². The van der Waals surface area contributed by atoms with Gasteiger partial charge in [-0.3, -0.25) is 4.79 Å². The summed E-state index contributed by atoms with van der Waals surface area (Å²) in [7, 11) is 0. The molecule has 0 aliphatic heterocycles. The van der Waals surface area contributed by atoms with Gasteiger partial charge in [-0.1, -0.05) is 25.6 Å². The number of aromatic nitrogens is 2. The van der Waals surface area contributed by atoms with E-state index >= 15 is 0 Å². The molecule has 0 aromatic carbocycles. The van der Waals surface area contributed by atoms with Crippen LogP contribution in [0.1, 0.15) is 51.3 Å². The third-order valence-electron chi connectivity index (χ3n) is 3.42. The predicted molar refractivity (Wildman–Crippen MR) is 72.1 cm³/mol. The Bertz CT molecular complexity index is 438. The molecule has 0 amide bonds. The molecule has 1 aliphatic rings. The molecule has 100 valence electrons.